The van der Waals surface area contributed by atoms with Crippen LogP contribution in [-0.2, 0) is 17.8 Å². The Morgan fingerprint density at radius 2 is 1.93 bits per heavy atom. The van der Waals surface area contributed by atoms with E-state index < -0.39 is 11.8 Å². The van der Waals surface area contributed by atoms with Crippen LogP contribution in [0.5, 0.6) is 5.75 Å². The summed E-state index contributed by atoms with van der Waals surface area (Å²) in [6, 6.07) is 13.9. The predicted octanol–water partition coefficient (Wildman–Crippen LogP) is 2.58. The molecule has 0 spiro atoms. The van der Waals surface area contributed by atoms with Crippen molar-refractivity contribution < 1.29 is 13.9 Å². The second kappa shape index (κ2) is 11.0. The van der Waals surface area contributed by atoms with E-state index in [1.807, 2.05) is 43.1 Å². The number of primary amides is 1. The molecule has 7 heteroatoms. The van der Waals surface area contributed by atoms with Crippen LogP contribution >= 0.6 is 0 Å². The zero-order chi connectivity index (χ0) is 21.2. The van der Waals surface area contributed by atoms with Gasteiger partial charge in [-0.1, -0.05) is 30.3 Å². The fraction of sp³-hybridized carbons (Fsp3) is 0.364. The second-order valence-corrected chi connectivity index (χ2v) is 6.79. The molecule has 0 aliphatic carbocycles. The van der Waals surface area contributed by atoms with Crippen molar-refractivity contribution in [1.29, 1.82) is 0 Å². The molecule has 0 aliphatic heterocycles. The number of halogens is 1. The zero-order valence-electron chi connectivity index (χ0n) is 17.2. The molecule has 29 heavy (non-hydrogen) atoms. The van der Waals surface area contributed by atoms with Crippen LogP contribution in [-0.4, -0.2) is 44.0 Å². The van der Waals surface area contributed by atoms with Crippen LogP contribution in [0.3, 0.4) is 0 Å². The smallest absolute Gasteiger partial charge is 0.222 e. The molecule has 1 atom stereocenters. The maximum absolute atomic E-state index is 13.1. The van der Waals surface area contributed by atoms with Gasteiger partial charge in [0, 0.05) is 25.7 Å². The Morgan fingerprint density at radius 3 is 2.55 bits per heavy atom. The Kier molecular flexibility index (Phi) is 8.45. The van der Waals surface area contributed by atoms with E-state index in [4.69, 9.17) is 10.5 Å². The van der Waals surface area contributed by atoms with Crippen molar-refractivity contribution in [3.63, 3.8) is 0 Å². The molecular formula is C22H29FN4O2. The summed E-state index contributed by atoms with van der Waals surface area (Å²) in [5.74, 6) is 0.259. The van der Waals surface area contributed by atoms with Crippen LogP contribution in [0.1, 0.15) is 18.1 Å². The van der Waals surface area contributed by atoms with Gasteiger partial charge in [-0.3, -0.25) is 9.79 Å². The van der Waals surface area contributed by atoms with Gasteiger partial charge in [0.15, 0.2) is 5.96 Å². The molecule has 0 saturated heterocycles. The molecule has 156 valence electrons. The summed E-state index contributed by atoms with van der Waals surface area (Å²) in [6.45, 7) is 3.51. The largest absolute Gasteiger partial charge is 0.496 e. The van der Waals surface area contributed by atoms with Crippen molar-refractivity contribution in [2.75, 3.05) is 27.2 Å². The average molecular weight is 400 g/mol. The molecule has 0 fully saturated rings. The lowest BCUT2D eigenvalue weighted by Crippen LogP contribution is -2.39. The molecule has 6 nitrogen and oxygen atoms in total. The highest BCUT2D eigenvalue weighted by Gasteiger charge is 2.17. The molecule has 0 saturated carbocycles. The second-order valence-electron chi connectivity index (χ2n) is 6.79. The molecular weight excluding hydrogens is 371 g/mol. The number of amides is 1. The SMILES string of the molecule is CCNC(=NCC(Cc1ccc(F)cc1)C(N)=O)N(C)Cc1ccccc1OC. The van der Waals surface area contributed by atoms with Gasteiger partial charge in [-0.05, 0) is 37.1 Å². The van der Waals surface area contributed by atoms with Crippen molar-refractivity contribution in [2.24, 2.45) is 16.6 Å². The number of hydrogen-bond acceptors (Lipinski definition) is 3. The fourth-order valence-electron chi connectivity index (χ4n) is 2.99. The topological polar surface area (TPSA) is 79.9 Å². The predicted molar refractivity (Wildman–Crippen MR) is 113 cm³/mol. The third-order valence-corrected chi connectivity index (χ3v) is 4.56. The van der Waals surface area contributed by atoms with Crippen molar-refractivity contribution >= 4 is 11.9 Å². The summed E-state index contributed by atoms with van der Waals surface area (Å²) in [7, 11) is 3.57. The van der Waals surface area contributed by atoms with E-state index >= 15 is 0 Å². The monoisotopic (exact) mass is 400 g/mol. The lowest BCUT2D eigenvalue weighted by Gasteiger charge is -2.23. The van der Waals surface area contributed by atoms with Gasteiger partial charge in [-0.2, -0.15) is 0 Å². The number of nitrogens with zero attached hydrogens (tertiary/aromatic N) is 2. The highest BCUT2D eigenvalue weighted by Crippen LogP contribution is 2.19. The van der Waals surface area contributed by atoms with Gasteiger partial charge in [0.2, 0.25) is 5.91 Å². The average Bonchev–Trinajstić information content (AvgIpc) is 2.71. The first-order chi connectivity index (χ1) is 13.9. The van der Waals surface area contributed by atoms with E-state index in [2.05, 4.69) is 10.3 Å². The first-order valence-electron chi connectivity index (χ1n) is 9.59. The van der Waals surface area contributed by atoms with Gasteiger partial charge < -0.3 is 20.7 Å². The number of ether oxygens (including phenoxy) is 1. The number of nitrogens with one attached hydrogen (secondary N) is 1. The molecule has 0 aromatic heterocycles. The standard InChI is InChI=1S/C22H29FN4O2/c1-4-25-22(27(2)15-17-7-5-6-8-20(17)29-3)26-14-18(21(24)28)13-16-9-11-19(23)12-10-16/h5-12,18H,4,13-15H2,1-3H3,(H2,24,28)(H,25,26). The summed E-state index contributed by atoms with van der Waals surface area (Å²) in [5.41, 5.74) is 7.45. The van der Waals surface area contributed by atoms with Gasteiger partial charge in [0.05, 0.1) is 19.6 Å². The molecule has 0 bridgehead atoms. The summed E-state index contributed by atoms with van der Waals surface area (Å²) < 4.78 is 18.5. The Balaban J connectivity index is 2.12. The van der Waals surface area contributed by atoms with Crippen molar-refractivity contribution in [3.8, 4) is 5.75 Å². The summed E-state index contributed by atoms with van der Waals surface area (Å²) in [6.07, 6.45) is 0.411. The normalized spacial score (nSPS) is 12.3. The van der Waals surface area contributed by atoms with E-state index in [9.17, 15) is 9.18 Å². The van der Waals surface area contributed by atoms with Gasteiger partial charge in [-0.15, -0.1) is 0 Å². The van der Waals surface area contributed by atoms with E-state index in [1.165, 1.54) is 12.1 Å². The summed E-state index contributed by atoms with van der Waals surface area (Å²) in [5, 5.41) is 3.24. The third-order valence-electron chi connectivity index (χ3n) is 4.56. The van der Waals surface area contributed by atoms with Crippen LogP contribution in [0.4, 0.5) is 4.39 Å². The lowest BCUT2D eigenvalue weighted by atomic mass is 9.99. The number of nitrogens with two attached hydrogens (primary N) is 1. The molecule has 1 unspecified atom stereocenters. The van der Waals surface area contributed by atoms with E-state index in [0.717, 1.165) is 16.9 Å². The maximum Gasteiger partial charge on any atom is 0.222 e. The van der Waals surface area contributed by atoms with Crippen LogP contribution in [0, 0.1) is 11.7 Å². The van der Waals surface area contributed by atoms with Crippen molar-refractivity contribution in [3.05, 3.63) is 65.5 Å². The van der Waals surface area contributed by atoms with Gasteiger partial charge >= 0.3 is 0 Å². The number of carbonyl (C=O) groups is 1. The summed E-state index contributed by atoms with van der Waals surface area (Å²) in [4.78, 5) is 18.5. The molecule has 2 rings (SSSR count). The molecule has 0 radical (unpaired) electrons. The van der Waals surface area contributed by atoms with E-state index in [-0.39, 0.29) is 12.4 Å². The first-order valence-corrected chi connectivity index (χ1v) is 9.59. The Morgan fingerprint density at radius 1 is 1.24 bits per heavy atom. The molecule has 0 heterocycles. The number of methoxy groups -OCH3 is 1. The molecule has 2 aromatic rings. The van der Waals surface area contributed by atoms with Gasteiger partial charge in [0.1, 0.15) is 11.6 Å². The number of benzene rings is 2. The molecule has 1 amide bonds. The summed E-state index contributed by atoms with van der Waals surface area (Å²) >= 11 is 0. The zero-order valence-corrected chi connectivity index (χ0v) is 17.2. The highest BCUT2D eigenvalue weighted by atomic mass is 19.1. The number of aliphatic imine (C=N–C) groups is 1. The Bertz CT molecular complexity index is 824. The number of hydrogen-bond donors (Lipinski definition) is 2. The Hall–Kier alpha value is -3.09. The number of guanidine groups is 1. The number of carbonyl (C=O) groups excluding carboxylic acids is 1. The van der Waals surface area contributed by atoms with E-state index in [1.54, 1.807) is 19.2 Å². The van der Waals surface area contributed by atoms with Crippen LogP contribution in [0.15, 0.2) is 53.5 Å². The molecule has 2 aromatic carbocycles. The Labute approximate surface area is 171 Å². The highest BCUT2D eigenvalue weighted by molar-refractivity contribution is 5.81. The number of para-hydroxylation sites is 1. The van der Waals surface area contributed by atoms with Gasteiger partial charge in [-0.25, -0.2) is 4.39 Å². The minimum Gasteiger partial charge on any atom is -0.496 e. The minimum absolute atomic E-state index is 0.241. The van der Waals surface area contributed by atoms with Crippen LogP contribution in [0.25, 0.3) is 0 Å². The quantitative estimate of drug-likeness (QED) is 0.501. The number of rotatable bonds is 9. The van der Waals surface area contributed by atoms with E-state index in [0.29, 0.717) is 25.5 Å². The first kappa shape index (κ1) is 22.2. The fourth-order valence-corrected chi connectivity index (χ4v) is 2.99. The van der Waals surface area contributed by atoms with Crippen LogP contribution in [0.2, 0.25) is 0 Å². The third kappa shape index (κ3) is 6.78. The maximum atomic E-state index is 13.1. The van der Waals surface area contributed by atoms with Crippen molar-refractivity contribution in [2.45, 2.75) is 19.9 Å². The molecule has 0 aliphatic rings. The van der Waals surface area contributed by atoms with Crippen molar-refractivity contribution in [1.82, 2.24) is 10.2 Å². The van der Waals surface area contributed by atoms with Crippen LogP contribution < -0.4 is 15.8 Å². The van der Waals surface area contributed by atoms with Gasteiger partial charge in [0.25, 0.3) is 0 Å². The lowest BCUT2D eigenvalue weighted by molar-refractivity contribution is -0.121. The minimum atomic E-state index is -0.478. The molecule has 3 N–H and O–H groups in total.